The average Bonchev–Trinajstić information content (AvgIpc) is 3.40. The smallest absolute Gasteiger partial charge is 0.305 e. The van der Waals surface area contributed by atoms with Gasteiger partial charge in [-0.3, -0.25) is 9.59 Å². The first-order chi connectivity index (χ1) is 36.2. The van der Waals surface area contributed by atoms with Crippen LogP contribution in [0.1, 0.15) is 264 Å². The standard InChI is InChI=1S/C63H113NO10/c1-3-5-7-9-11-13-15-26-30-33-37-41-45-49-56(66)55(54-73-63-62(71)61(70)60(69)57(53-65)74-63)64-58(67)50-46-42-38-34-31-27-24-22-20-18-16-17-19-21-23-25-28-32-36-40-44-48-52-72-59(68)51-47-43-39-35-29-14-12-10-8-6-4-2/h10-13,18,20,30,33,45,49,55-57,60-63,65-66,69-71H,3-9,14-17,19,21-29,31-32,34-44,46-48,50-54H2,1-2H3,(H,64,67)/b12-10-,13-11+,20-18-,33-30+,49-45+. The Morgan fingerprint density at radius 3 is 1.38 bits per heavy atom. The number of hydrogen-bond donors (Lipinski definition) is 6. The van der Waals surface area contributed by atoms with Crippen molar-refractivity contribution in [2.75, 3.05) is 19.8 Å². The number of carbonyl (C=O) groups is 2. The summed E-state index contributed by atoms with van der Waals surface area (Å²) in [5.41, 5.74) is 0. The van der Waals surface area contributed by atoms with E-state index in [1.807, 2.05) is 6.08 Å². The number of unbranched alkanes of at least 4 members (excludes halogenated alkanes) is 30. The molecule has 1 heterocycles. The number of hydrogen-bond acceptors (Lipinski definition) is 10. The predicted molar refractivity (Wildman–Crippen MR) is 306 cm³/mol. The number of aliphatic hydroxyl groups is 5. The van der Waals surface area contributed by atoms with E-state index in [1.165, 1.54) is 148 Å². The van der Waals surface area contributed by atoms with Gasteiger partial charge < -0.3 is 45.1 Å². The molecule has 1 rings (SSSR count). The Balaban J connectivity index is 2.09. The summed E-state index contributed by atoms with van der Waals surface area (Å²) in [6.45, 7) is 4.24. The van der Waals surface area contributed by atoms with Gasteiger partial charge in [-0.25, -0.2) is 0 Å². The van der Waals surface area contributed by atoms with Crippen molar-refractivity contribution >= 4 is 11.9 Å². The van der Waals surface area contributed by atoms with Crippen molar-refractivity contribution in [1.29, 1.82) is 0 Å². The van der Waals surface area contributed by atoms with Crippen molar-refractivity contribution in [3.63, 3.8) is 0 Å². The Morgan fingerprint density at radius 2 is 0.892 bits per heavy atom. The highest BCUT2D eigenvalue weighted by molar-refractivity contribution is 5.76. The van der Waals surface area contributed by atoms with Crippen LogP contribution >= 0.6 is 0 Å². The topological polar surface area (TPSA) is 175 Å². The van der Waals surface area contributed by atoms with Gasteiger partial charge in [-0.1, -0.05) is 209 Å². The summed E-state index contributed by atoms with van der Waals surface area (Å²) >= 11 is 0. The summed E-state index contributed by atoms with van der Waals surface area (Å²) in [6.07, 6.45) is 57.4. The highest BCUT2D eigenvalue weighted by Gasteiger charge is 2.44. The monoisotopic (exact) mass is 1040 g/mol. The van der Waals surface area contributed by atoms with Gasteiger partial charge in [0.25, 0.3) is 0 Å². The first kappa shape index (κ1) is 69.4. The lowest BCUT2D eigenvalue weighted by Crippen LogP contribution is -2.60. The van der Waals surface area contributed by atoms with Gasteiger partial charge in [0.15, 0.2) is 6.29 Å². The molecular formula is C63H113NO10. The van der Waals surface area contributed by atoms with Crippen molar-refractivity contribution in [3.8, 4) is 0 Å². The molecule has 1 fully saturated rings. The quantitative estimate of drug-likeness (QED) is 0.0195. The van der Waals surface area contributed by atoms with Crippen LogP contribution in [0.3, 0.4) is 0 Å². The third-order valence-electron chi connectivity index (χ3n) is 14.1. The molecule has 1 aliphatic heterocycles. The molecule has 7 atom stereocenters. The minimum absolute atomic E-state index is 0.0151. The number of rotatable bonds is 52. The molecule has 11 heteroatoms. The Hall–Kier alpha value is -2.64. The predicted octanol–water partition coefficient (Wildman–Crippen LogP) is 14.2. The number of nitrogens with one attached hydrogen (secondary N) is 1. The molecule has 0 aromatic rings. The molecule has 0 aromatic heterocycles. The first-order valence-corrected chi connectivity index (χ1v) is 30.6. The van der Waals surface area contributed by atoms with E-state index >= 15 is 0 Å². The number of esters is 1. The molecule has 430 valence electrons. The molecular weight excluding hydrogens is 931 g/mol. The summed E-state index contributed by atoms with van der Waals surface area (Å²) in [4.78, 5) is 25.0. The molecule has 74 heavy (non-hydrogen) atoms. The first-order valence-electron chi connectivity index (χ1n) is 30.6. The Morgan fingerprint density at radius 1 is 0.486 bits per heavy atom. The van der Waals surface area contributed by atoms with Gasteiger partial charge in [0.2, 0.25) is 5.91 Å². The molecule has 11 nitrogen and oxygen atoms in total. The minimum atomic E-state index is -1.58. The van der Waals surface area contributed by atoms with E-state index in [9.17, 15) is 35.1 Å². The van der Waals surface area contributed by atoms with Gasteiger partial charge in [0.1, 0.15) is 24.4 Å². The fourth-order valence-corrected chi connectivity index (χ4v) is 9.15. The van der Waals surface area contributed by atoms with Crippen LogP contribution in [0.5, 0.6) is 0 Å². The molecule has 6 N–H and O–H groups in total. The highest BCUT2D eigenvalue weighted by Crippen LogP contribution is 2.23. The molecule has 0 aromatic carbocycles. The molecule has 1 amide bonds. The normalized spacial score (nSPS) is 19.3. The van der Waals surface area contributed by atoms with Crippen molar-refractivity contribution in [3.05, 3.63) is 60.8 Å². The maximum atomic E-state index is 13.0. The van der Waals surface area contributed by atoms with Crippen LogP contribution in [0.2, 0.25) is 0 Å². The second kappa shape index (κ2) is 52.4. The van der Waals surface area contributed by atoms with Crippen LogP contribution in [-0.4, -0.2) is 100 Å². The molecule has 1 aliphatic rings. The third-order valence-corrected chi connectivity index (χ3v) is 14.1. The van der Waals surface area contributed by atoms with Gasteiger partial charge >= 0.3 is 5.97 Å². The van der Waals surface area contributed by atoms with E-state index in [2.05, 4.69) is 67.8 Å². The second-order valence-corrected chi connectivity index (χ2v) is 21.0. The summed E-state index contributed by atoms with van der Waals surface area (Å²) < 4.78 is 16.7. The van der Waals surface area contributed by atoms with Crippen molar-refractivity contribution < 1.29 is 49.3 Å². The van der Waals surface area contributed by atoms with Crippen molar-refractivity contribution in [1.82, 2.24) is 5.32 Å². The molecule has 0 bridgehead atoms. The average molecular weight is 1040 g/mol. The number of amides is 1. The molecule has 0 aliphatic carbocycles. The summed E-state index contributed by atoms with van der Waals surface area (Å²) in [5.74, 6) is -0.220. The van der Waals surface area contributed by atoms with Crippen LogP contribution in [0.25, 0.3) is 0 Å². The lowest BCUT2D eigenvalue weighted by atomic mass is 9.99. The summed E-state index contributed by atoms with van der Waals surface area (Å²) in [6, 6.07) is -0.841. The van der Waals surface area contributed by atoms with Gasteiger partial charge in [0, 0.05) is 12.8 Å². The van der Waals surface area contributed by atoms with Crippen LogP contribution in [-0.2, 0) is 23.8 Å². The highest BCUT2D eigenvalue weighted by atomic mass is 16.7. The van der Waals surface area contributed by atoms with Crippen LogP contribution in [0.15, 0.2) is 60.8 Å². The number of aliphatic hydroxyl groups excluding tert-OH is 5. The van der Waals surface area contributed by atoms with E-state index in [-0.39, 0.29) is 18.5 Å². The number of allylic oxidation sites excluding steroid dienone is 9. The largest absolute Gasteiger partial charge is 0.466 e. The molecule has 0 saturated carbocycles. The van der Waals surface area contributed by atoms with E-state index < -0.39 is 49.5 Å². The van der Waals surface area contributed by atoms with Crippen molar-refractivity contribution in [2.45, 2.75) is 307 Å². The Labute approximate surface area is 452 Å². The number of carbonyl (C=O) groups excluding carboxylic acids is 2. The number of ether oxygens (including phenoxy) is 3. The van der Waals surface area contributed by atoms with E-state index in [1.54, 1.807) is 6.08 Å². The van der Waals surface area contributed by atoms with Crippen LogP contribution in [0.4, 0.5) is 0 Å². The van der Waals surface area contributed by atoms with Crippen LogP contribution in [0, 0.1) is 0 Å². The van der Waals surface area contributed by atoms with Gasteiger partial charge in [-0.2, -0.15) is 0 Å². The van der Waals surface area contributed by atoms with E-state index in [4.69, 9.17) is 14.2 Å². The van der Waals surface area contributed by atoms with Crippen molar-refractivity contribution in [2.24, 2.45) is 0 Å². The van der Waals surface area contributed by atoms with Gasteiger partial charge in [-0.15, -0.1) is 0 Å². The van der Waals surface area contributed by atoms with Crippen LogP contribution < -0.4 is 5.32 Å². The lowest BCUT2D eigenvalue weighted by Gasteiger charge is -2.40. The fraction of sp³-hybridized carbons (Fsp3) is 0.810. The maximum Gasteiger partial charge on any atom is 0.305 e. The Kier molecular flexibility index (Phi) is 49.1. The maximum absolute atomic E-state index is 13.0. The second-order valence-electron chi connectivity index (χ2n) is 21.0. The zero-order chi connectivity index (χ0) is 53.8. The van der Waals surface area contributed by atoms with Gasteiger partial charge in [0.05, 0.1) is 32.0 Å². The van der Waals surface area contributed by atoms with E-state index in [0.717, 1.165) is 89.9 Å². The minimum Gasteiger partial charge on any atom is -0.466 e. The lowest BCUT2D eigenvalue weighted by molar-refractivity contribution is -0.302. The zero-order valence-electron chi connectivity index (χ0n) is 47.3. The fourth-order valence-electron chi connectivity index (χ4n) is 9.15. The SMILES string of the molecule is CCCC/C=C\CCCCCCCC(=O)OCCCCCCCCCCCCC/C=C\CCCCCCCCCC(=O)NC(COC1OC(CO)C(O)C(O)C1O)C(O)/C=C/CC/C=C/CC/C=C/CCCCC. The van der Waals surface area contributed by atoms with E-state index in [0.29, 0.717) is 19.4 Å². The molecule has 1 saturated heterocycles. The zero-order valence-corrected chi connectivity index (χ0v) is 47.3. The molecule has 0 radical (unpaired) electrons. The summed E-state index contributed by atoms with van der Waals surface area (Å²) in [7, 11) is 0. The third kappa shape index (κ3) is 41.5. The van der Waals surface area contributed by atoms with Gasteiger partial charge in [-0.05, 0) is 103 Å². The Bertz CT molecular complexity index is 1410. The molecule has 7 unspecified atom stereocenters. The molecule has 0 spiro atoms. The summed E-state index contributed by atoms with van der Waals surface area (Å²) in [5, 5.41) is 54.3.